The van der Waals surface area contributed by atoms with Gasteiger partial charge in [0.2, 0.25) is 0 Å². The number of nitrogens with two attached hydrogens (primary N) is 1. The first-order chi connectivity index (χ1) is 9.15. The Hall–Kier alpha value is -1.94. The summed E-state index contributed by atoms with van der Waals surface area (Å²) in [5, 5.41) is 0. The fraction of sp³-hybridized carbons (Fsp3) is 0.267. The molecule has 4 heteroatoms. The van der Waals surface area contributed by atoms with E-state index in [1.807, 2.05) is 30.0 Å². The molecule has 0 aliphatic carbocycles. The molecule has 0 saturated heterocycles. The van der Waals surface area contributed by atoms with Crippen LogP contribution in [0.5, 0.6) is 0 Å². The zero-order chi connectivity index (χ0) is 13.4. The van der Waals surface area contributed by atoms with Crippen molar-refractivity contribution in [2.45, 2.75) is 19.4 Å². The lowest BCUT2D eigenvalue weighted by Gasteiger charge is -2.19. The largest absolute Gasteiger partial charge is 0.326 e. The Morgan fingerprint density at radius 3 is 2.95 bits per heavy atom. The number of benzene rings is 1. The molecule has 1 atom stereocenters. The summed E-state index contributed by atoms with van der Waals surface area (Å²) in [5.41, 5.74) is 9.00. The van der Waals surface area contributed by atoms with Crippen molar-refractivity contribution in [2.24, 2.45) is 5.73 Å². The van der Waals surface area contributed by atoms with Crippen molar-refractivity contribution >= 4 is 11.5 Å². The van der Waals surface area contributed by atoms with Crippen LogP contribution in [-0.4, -0.2) is 11.5 Å². The van der Waals surface area contributed by atoms with Crippen molar-refractivity contribution in [1.29, 1.82) is 0 Å². The van der Waals surface area contributed by atoms with Gasteiger partial charge in [0.05, 0.1) is 0 Å². The predicted octanol–water partition coefficient (Wildman–Crippen LogP) is 2.93. The highest BCUT2D eigenvalue weighted by atomic mass is 19.1. The maximum Gasteiger partial charge on any atom is 0.133 e. The van der Waals surface area contributed by atoms with E-state index in [0.29, 0.717) is 0 Å². The summed E-state index contributed by atoms with van der Waals surface area (Å²) >= 11 is 0. The number of hydrogen-bond donors (Lipinski definition) is 1. The fourth-order valence-corrected chi connectivity index (χ4v) is 2.46. The van der Waals surface area contributed by atoms with Gasteiger partial charge in [-0.25, -0.2) is 9.37 Å². The van der Waals surface area contributed by atoms with Crippen molar-refractivity contribution in [2.75, 3.05) is 11.4 Å². The summed E-state index contributed by atoms with van der Waals surface area (Å²) in [4.78, 5) is 6.43. The van der Waals surface area contributed by atoms with Gasteiger partial charge in [-0.15, -0.1) is 0 Å². The molecule has 0 bridgehead atoms. The summed E-state index contributed by atoms with van der Waals surface area (Å²) in [6, 6.07) is 8.79. The molecule has 0 unspecified atom stereocenters. The highest BCUT2D eigenvalue weighted by Gasteiger charge is 2.22. The van der Waals surface area contributed by atoms with Crippen molar-refractivity contribution in [3.8, 4) is 0 Å². The van der Waals surface area contributed by atoms with E-state index in [-0.39, 0.29) is 11.9 Å². The Labute approximate surface area is 111 Å². The topological polar surface area (TPSA) is 42.1 Å². The number of hydrogen-bond acceptors (Lipinski definition) is 3. The maximum absolute atomic E-state index is 13.4. The molecule has 3 rings (SSSR count). The smallest absolute Gasteiger partial charge is 0.133 e. The molecular weight excluding hydrogens is 241 g/mol. The van der Waals surface area contributed by atoms with E-state index in [1.54, 1.807) is 12.3 Å². The first kappa shape index (κ1) is 12.1. The second kappa shape index (κ2) is 4.63. The van der Waals surface area contributed by atoms with Gasteiger partial charge in [-0.2, -0.15) is 0 Å². The van der Waals surface area contributed by atoms with Crippen LogP contribution >= 0.6 is 0 Å². The van der Waals surface area contributed by atoms with Gasteiger partial charge in [-0.05, 0) is 48.7 Å². The normalized spacial score (nSPS) is 15.4. The van der Waals surface area contributed by atoms with Crippen molar-refractivity contribution < 1.29 is 4.39 Å². The third-order valence-corrected chi connectivity index (χ3v) is 3.51. The Balaban J connectivity index is 2.01. The second-order valence-corrected chi connectivity index (χ2v) is 4.91. The average Bonchev–Trinajstić information content (AvgIpc) is 2.81. The van der Waals surface area contributed by atoms with Gasteiger partial charge in [0.1, 0.15) is 11.6 Å². The number of aromatic nitrogens is 1. The molecule has 2 heterocycles. The van der Waals surface area contributed by atoms with Crippen molar-refractivity contribution in [3.05, 3.63) is 53.5 Å². The quantitative estimate of drug-likeness (QED) is 0.899. The number of halogens is 1. The van der Waals surface area contributed by atoms with Gasteiger partial charge in [0.25, 0.3) is 0 Å². The standard InChI is InChI=1S/C15H16FN3/c1-10(17)12-4-6-18-15(8-12)19-7-5-11-2-3-13(16)9-14(11)19/h2-4,6,8-10H,5,7,17H2,1H3/t10-/m1/s1. The molecule has 0 fully saturated rings. The molecule has 0 spiro atoms. The van der Waals surface area contributed by atoms with Crippen LogP contribution in [0.25, 0.3) is 0 Å². The molecule has 2 N–H and O–H groups in total. The van der Waals surface area contributed by atoms with E-state index >= 15 is 0 Å². The molecule has 19 heavy (non-hydrogen) atoms. The Bertz CT molecular complexity index is 610. The van der Waals surface area contributed by atoms with Crippen molar-refractivity contribution in [3.63, 3.8) is 0 Å². The Morgan fingerprint density at radius 2 is 2.16 bits per heavy atom. The molecule has 2 aromatic rings. The molecule has 0 radical (unpaired) electrons. The van der Waals surface area contributed by atoms with Gasteiger partial charge < -0.3 is 10.6 Å². The SMILES string of the molecule is C[C@@H](N)c1ccnc(N2CCc3ccc(F)cc32)c1. The molecule has 1 aliphatic rings. The van der Waals surface area contributed by atoms with Gasteiger partial charge >= 0.3 is 0 Å². The predicted molar refractivity (Wildman–Crippen MR) is 73.9 cm³/mol. The zero-order valence-electron chi connectivity index (χ0n) is 10.8. The van der Waals surface area contributed by atoms with Crippen LogP contribution in [0.15, 0.2) is 36.5 Å². The van der Waals surface area contributed by atoms with E-state index in [4.69, 9.17) is 5.73 Å². The number of rotatable bonds is 2. The molecule has 0 saturated carbocycles. The van der Waals surface area contributed by atoms with Crippen LogP contribution in [0.1, 0.15) is 24.1 Å². The number of fused-ring (bicyclic) bond motifs is 1. The number of nitrogens with zero attached hydrogens (tertiary/aromatic N) is 2. The van der Waals surface area contributed by atoms with E-state index in [1.165, 1.54) is 6.07 Å². The van der Waals surface area contributed by atoms with Crippen LogP contribution in [-0.2, 0) is 6.42 Å². The third-order valence-electron chi connectivity index (χ3n) is 3.51. The van der Waals surface area contributed by atoms with Crippen LogP contribution in [0.3, 0.4) is 0 Å². The fourth-order valence-electron chi connectivity index (χ4n) is 2.46. The lowest BCUT2D eigenvalue weighted by atomic mass is 10.1. The van der Waals surface area contributed by atoms with E-state index < -0.39 is 0 Å². The van der Waals surface area contributed by atoms with Crippen molar-refractivity contribution in [1.82, 2.24) is 4.98 Å². The maximum atomic E-state index is 13.4. The first-order valence-electron chi connectivity index (χ1n) is 6.42. The molecule has 3 nitrogen and oxygen atoms in total. The summed E-state index contributed by atoms with van der Waals surface area (Å²) in [6.45, 7) is 2.77. The van der Waals surface area contributed by atoms with Crippen LogP contribution in [0.2, 0.25) is 0 Å². The summed E-state index contributed by atoms with van der Waals surface area (Å²) in [7, 11) is 0. The molecule has 98 valence electrons. The van der Waals surface area contributed by atoms with Crippen LogP contribution in [0.4, 0.5) is 15.9 Å². The van der Waals surface area contributed by atoms with E-state index in [0.717, 1.165) is 35.6 Å². The van der Waals surface area contributed by atoms with Gasteiger partial charge in [0, 0.05) is 24.5 Å². The summed E-state index contributed by atoms with van der Waals surface area (Å²) in [5.74, 6) is 0.619. The highest BCUT2D eigenvalue weighted by molar-refractivity contribution is 5.67. The average molecular weight is 257 g/mol. The number of anilines is 2. The summed E-state index contributed by atoms with van der Waals surface area (Å²) in [6.07, 6.45) is 2.67. The Morgan fingerprint density at radius 1 is 1.32 bits per heavy atom. The summed E-state index contributed by atoms with van der Waals surface area (Å²) < 4.78 is 13.4. The minimum atomic E-state index is -0.214. The van der Waals surface area contributed by atoms with Crippen LogP contribution < -0.4 is 10.6 Å². The number of pyridine rings is 1. The van der Waals surface area contributed by atoms with E-state index in [9.17, 15) is 4.39 Å². The molecule has 1 aromatic carbocycles. The minimum Gasteiger partial charge on any atom is -0.326 e. The highest BCUT2D eigenvalue weighted by Crippen LogP contribution is 2.34. The molecule has 1 aliphatic heterocycles. The monoisotopic (exact) mass is 257 g/mol. The second-order valence-electron chi connectivity index (χ2n) is 4.91. The zero-order valence-corrected chi connectivity index (χ0v) is 10.8. The molecule has 1 aromatic heterocycles. The van der Waals surface area contributed by atoms with Gasteiger partial charge in [0.15, 0.2) is 0 Å². The van der Waals surface area contributed by atoms with Gasteiger partial charge in [-0.3, -0.25) is 0 Å². The first-order valence-corrected chi connectivity index (χ1v) is 6.42. The lowest BCUT2D eigenvalue weighted by Crippen LogP contribution is -2.16. The molecular formula is C15H16FN3. The lowest BCUT2D eigenvalue weighted by molar-refractivity contribution is 0.628. The Kier molecular flexibility index (Phi) is 2.95. The third kappa shape index (κ3) is 2.19. The van der Waals surface area contributed by atoms with Gasteiger partial charge in [-0.1, -0.05) is 6.07 Å². The minimum absolute atomic E-state index is 0.0312. The molecule has 0 amide bonds. The van der Waals surface area contributed by atoms with E-state index in [2.05, 4.69) is 4.98 Å². The van der Waals surface area contributed by atoms with Crippen LogP contribution in [0, 0.1) is 5.82 Å².